The maximum Gasteiger partial charge on any atom is 0.0824 e. The molecule has 64 valence electrons. The summed E-state index contributed by atoms with van der Waals surface area (Å²) in [6, 6.07) is 0. The lowest BCUT2D eigenvalue weighted by atomic mass is 10.4. The molecule has 0 saturated carbocycles. The Kier molecular flexibility index (Phi) is 5.43. The molecule has 0 amide bonds. The highest BCUT2D eigenvalue weighted by Crippen LogP contribution is 1.89. The number of nitrogens with zero attached hydrogens (tertiary/aromatic N) is 3. The molecule has 0 aromatic carbocycles. The van der Waals surface area contributed by atoms with Gasteiger partial charge < -0.3 is 0 Å². The summed E-state index contributed by atoms with van der Waals surface area (Å²) in [5, 5.41) is 7.60. The fraction of sp³-hybridized carbons (Fsp3) is 0.750. The zero-order valence-electron chi connectivity index (χ0n) is 7.83. The van der Waals surface area contributed by atoms with Crippen molar-refractivity contribution in [3.05, 3.63) is 11.9 Å². The fourth-order valence-electron chi connectivity index (χ4n) is 0.557. The van der Waals surface area contributed by atoms with Gasteiger partial charge in [-0.25, -0.2) is 0 Å². The molecule has 3 heteroatoms. The Hall–Kier alpha value is -0.860. The minimum atomic E-state index is 0.966. The molecule has 1 aromatic rings. The van der Waals surface area contributed by atoms with Crippen LogP contribution in [-0.2, 0) is 13.5 Å². The summed E-state index contributed by atoms with van der Waals surface area (Å²) in [5.41, 5.74) is 1.05. The molecule has 1 aromatic heterocycles. The van der Waals surface area contributed by atoms with Crippen LogP contribution in [0.4, 0.5) is 0 Å². The Labute approximate surface area is 68.4 Å². The van der Waals surface area contributed by atoms with Crippen molar-refractivity contribution in [1.29, 1.82) is 0 Å². The molecule has 0 aliphatic heterocycles. The maximum absolute atomic E-state index is 3.85. The van der Waals surface area contributed by atoms with Gasteiger partial charge in [0.25, 0.3) is 0 Å². The summed E-state index contributed by atoms with van der Waals surface area (Å²) < 4.78 is 1.71. The Morgan fingerprint density at radius 3 is 2.09 bits per heavy atom. The third kappa shape index (κ3) is 4.53. The zero-order valence-corrected chi connectivity index (χ0v) is 7.83. The average molecular weight is 155 g/mol. The predicted octanol–water partition coefficient (Wildman–Crippen LogP) is 1.79. The van der Waals surface area contributed by atoms with E-state index in [0.29, 0.717) is 0 Å². The first kappa shape index (κ1) is 10.1. The molecule has 0 aliphatic carbocycles. The first-order chi connectivity index (χ1) is 5.24. The lowest BCUT2D eigenvalue weighted by molar-refractivity contribution is 0.713. The van der Waals surface area contributed by atoms with E-state index in [0.717, 1.165) is 12.1 Å². The normalized spacial score (nSPS) is 8.73. The van der Waals surface area contributed by atoms with Gasteiger partial charge in [0.05, 0.1) is 5.69 Å². The van der Waals surface area contributed by atoms with Gasteiger partial charge in [-0.1, -0.05) is 32.4 Å². The monoisotopic (exact) mass is 155 g/mol. The van der Waals surface area contributed by atoms with E-state index >= 15 is 0 Å². The van der Waals surface area contributed by atoms with Crippen LogP contribution in [0.15, 0.2) is 6.20 Å². The SMILES string of the molecule is CCC.CCc1cn(C)nn1. The van der Waals surface area contributed by atoms with Crippen LogP contribution in [0.1, 0.15) is 32.9 Å². The van der Waals surface area contributed by atoms with Crippen LogP contribution in [0.2, 0.25) is 0 Å². The van der Waals surface area contributed by atoms with Gasteiger partial charge in [0, 0.05) is 13.2 Å². The molecule has 0 unspecified atom stereocenters. The molecular weight excluding hydrogens is 138 g/mol. The van der Waals surface area contributed by atoms with Crippen LogP contribution in [0.5, 0.6) is 0 Å². The van der Waals surface area contributed by atoms with Crippen molar-refractivity contribution in [1.82, 2.24) is 15.0 Å². The number of aromatic nitrogens is 3. The summed E-state index contributed by atoms with van der Waals surface area (Å²) in [6.07, 6.45) is 4.13. The van der Waals surface area contributed by atoms with Gasteiger partial charge in [-0.15, -0.1) is 5.10 Å². The van der Waals surface area contributed by atoms with Crippen LogP contribution in [-0.4, -0.2) is 15.0 Å². The van der Waals surface area contributed by atoms with Gasteiger partial charge in [0.1, 0.15) is 0 Å². The van der Waals surface area contributed by atoms with Gasteiger partial charge in [0.15, 0.2) is 0 Å². The van der Waals surface area contributed by atoms with Crippen molar-refractivity contribution in [2.24, 2.45) is 7.05 Å². The van der Waals surface area contributed by atoms with Gasteiger partial charge >= 0.3 is 0 Å². The van der Waals surface area contributed by atoms with Crippen LogP contribution in [0, 0.1) is 0 Å². The molecular formula is C8H17N3. The fourth-order valence-corrected chi connectivity index (χ4v) is 0.557. The lowest BCUT2D eigenvalue weighted by Gasteiger charge is -1.78. The Morgan fingerprint density at radius 2 is 1.91 bits per heavy atom. The van der Waals surface area contributed by atoms with E-state index in [-0.39, 0.29) is 0 Å². The molecule has 0 spiro atoms. The molecule has 0 radical (unpaired) electrons. The third-order valence-corrected chi connectivity index (χ3v) is 1.01. The molecule has 0 aliphatic rings. The average Bonchev–Trinajstić information content (AvgIpc) is 2.37. The van der Waals surface area contributed by atoms with Crippen LogP contribution in [0.3, 0.4) is 0 Å². The first-order valence-electron chi connectivity index (χ1n) is 4.09. The maximum atomic E-state index is 3.85. The lowest BCUT2D eigenvalue weighted by Crippen LogP contribution is -1.85. The van der Waals surface area contributed by atoms with Gasteiger partial charge in [-0.3, -0.25) is 4.68 Å². The smallest absolute Gasteiger partial charge is 0.0824 e. The Morgan fingerprint density at radius 1 is 1.36 bits per heavy atom. The highest BCUT2D eigenvalue weighted by molar-refractivity contribution is 4.89. The second-order valence-corrected chi connectivity index (χ2v) is 2.44. The molecule has 0 atom stereocenters. The van der Waals surface area contributed by atoms with Crippen LogP contribution in [0.25, 0.3) is 0 Å². The van der Waals surface area contributed by atoms with Gasteiger partial charge in [0.2, 0.25) is 0 Å². The quantitative estimate of drug-likeness (QED) is 0.619. The minimum absolute atomic E-state index is 0.966. The molecule has 3 nitrogen and oxygen atoms in total. The summed E-state index contributed by atoms with van der Waals surface area (Å²) >= 11 is 0. The van der Waals surface area contributed by atoms with Crippen LogP contribution < -0.4 is 0 Å². The number of hydrogen-bond acceptors (Lipinski definition) is 2. The van der Waals surface area contributed by atoms with Crippen LogP contribution >= 0.6 is 0 Å². The molecule has 0 fully saturated rings. The Bertz CT molecular complexity index is 181. The highest BCUT2D eigenvalue weighted by Gasteiger charge is 1.90. The third-order valence-electron chi connectivity index (χ3n) is 1.01. The standard InChI is InChI=1S/C5H9N3.C3H8/c1-3-5-4-8(2)7-6-5;1-3-2/h4H,3H2,1-2H3;3H2,1-2H3. The van der Waals surface area contributed by atoms with Crippen molar-refractivity contribution < 1.29 is 0 Å². The summed E-state index contributed by atoms with van der Waals surface area (Å²) in [4.78, 5) is 0. The van der Waals surface area contributed by atoms with E-state index in [2.05, 4.69) is 31.1 Å². The molecule has 0 bridgehead atoms. The topological polar surface area (TPSA) is 30.7 Å². The second kappa shape index (κ2) is 5.89. The van der Waals surface area contributed by atoms with E-state index in [1.807, 2.05) is 13.2 Å². The van der Waals surface area contributed by atoms with Gasteiger partial charge in [-0.2, -0.15) is 0 Å². The van der Waals surface area contributed by atoms with Gasteiger partial charge in [-0.05, 0) is 6.42 Å². The molecule has 0 saturated heterocycles. The number of hydrogen-bond donors (Lipinski definition) is 0. The largest absolute Gasteiger partial charge is 0.255 e. The van der Waals surface area contributed by atoms with Crippen molar-refractivity contribution in [3.63, 3.8) is 0 Å². The summed E-state index contributed by atoms with van der Waals surface area (Å²) in [6.45, 7) is 6.31. The first-order valence-corrected chi connectivity index (χ1v) is 4.09. The highest BCUT2D eigenvalue weighted by atomic mass is 15.4. The van der Waals surface area contributed by atoms with E-state index in [4.69, 9.17) is 0 Å². The number of rotatable bonds is 1. The summed E-state index contributed by atoms with van der Waals surface area (Å²) in [5.74, 6) is 0. The van der Waals surface area contributed by atoms with Crippen molar-refractivity contribution in [3.8, 4) is 0 Å². The second-order valence-electron chi connectivity index (χ2n) is 2.44. The summed E-state index contributed by atoms with van der Waals surface area (Å²) in [7, 11) is 1.87. The van der Waals surface area contributed by atoms with Crippen molar-refractivity contribution in [2.75, 3.05) is 0 Å². The van der Waals surface area contributed by atoms with E-state index in [1.54, 1.807) is 4.68 Å². The Balaban J connectivity index is 0.000000292. The zero-order chi connectivity index (χ0) is 8.69. The minimum Gasteiger partial charge on any atom is -0.255 e. The molecule has 1 heterocycles. The van der Waals surface area contributed by atoms with Crippen molar-refractivity contribution in [2.45, 2.75) is 33.6 Å². The van der Waals surface area contributed by atoms with E-state index < -0.39 is 0 Å². The molecule has 11 heavy (non-hydrogen) atoms. The predicted molar refractivity (Wildman–Crippen MR) is 46.3 cm³/mol. The van der Waals surface area contributed by atoms with E-state index in [1.165, 1.54) is 6.42 Å². The molecule has 1 rings (SSSR count). The molecule has 0 N–H and O–H groups in total. The van der Waals surface area contributed by atoms with Crippen molar-refractivity contribution >= 4 is 0 Å². The number of aryl methyl sites for hydroxylation is 2. The van der Waals surface area contributed by atoms with E-state index in [9.17, 15) is 0 Å².